The largest absolute Gasteiger partial charge is 0.487 e. The number of ether oxygens (including phenoxy) is 1. The molecular weight excluding hydrogens is 585 g/mol. The van der Waals surface area contributed by atoms with Gasteiger partial charge in [0.15, 0.2) is 5.69 Å². The van der Waals surface area contributed by atoms with Crippen LogP contribution < -0.4 is 9.64 Å². The quantitative estimate of drug-likeness (QED) is 0.196. The van der Waals surface area contributed by atoms with Gasteiger partial charge in [-0.2, -0.15) is 13.2 Å². The number of anilines is 1. The molecule has 3 heterocycles. The van der Waals surface area contributed by atoms with Gasteiger partial charge in [-0.05, 0) is 54.9 Å². The van der Waals surface area contributed by atoms with Gasteiger partial charge in [-0.3, -0.25) is 0 Å². The monoisotopic (exact) mass is 611 g/mol. The Labute approximate surface area is 247 Å². The van der Waals surface area contributed by atoms with Gasteiger partial charge < -0.3 is 19.3 Å². The molecular formula is C32H26F5N3O4. The molecule has 7 nitrogen and oxygen atoms in total. The Kier molecular flexibility index (Phi) is 6.82. The number of nitrogens with zero attached hydrogens (tertiary/aromatic N) is 3. The third kappa shape index (κ3) is 5.26. The molecule has 2 aliphatic carbocycles. The molecule has 228 valence electrons. The first kappa shape index (κ1) is 28.3. The van der Waals surface area contributed by atoms with Crippen molar-refractivity contribution in [1.82, 2.24) is 10.1 Å². The zero-order valence-electron chi connectivity index (χ0n) is 23.1. The van der Waals surface area contributed by atoms with Crippen LogP contribution in [0.1, 0.15) is 46.1 Å². The highest BCUT2D eigenvalue weighted by atomic mass is 19.4. The number of carboxylic acid groups (broad SMARTS) is 1. The second kappa shape index (κ2) is 10.6. The van der Waals surface area contributed by atoms with E-state index < -0.39 is 30.7 Å². The number of benzene rings is 2. The number of aromatic nitrogens is 2. The van der Waals surface area contributed by atoms with Gasteiger partial charge in [-0.15, -0.1) is 0 Å². The zero-order chi connectivity index (χ0) is 30.7. The number of halogens is 5. The van der Waals surface area contributed by atoms with E-state index in [1.807, 2.05) is 12.1 Å². The average Bonchev–Trinajstić information content (AvgIpc) is 3.85. The Balaban J connectivity index is 1.11. The number of rotatable bonds is 9. The van der Waals surface area contributed by atoms with Gasteiger partial charge in [0.05, 0.1) is 11.1 Å². The van der Waals surface area contributed by atoms with Crippen molar-refractivity contribution in [2.24, 2.45) is 17.8 Å². The molecule has 1 aliphatic heterocycles. The van der Waals surface area contributed by atoms with E-state index in [0.29, 0.717) is 34.1 Å². The van der Waals surface area contributed by atoms with Crippen molar-refractivity contribution in [3.8, 4) is 17.0 Å². The van der Waals surface area contributed by atoms with Gasteiger partial charge in [0.1, 0.15) is 23.8 Å². The number of pyridine rings is 1. The molecule has 2 unspecified atom stereocenters. The molecule has 4 aromatic rings. The van der Waals surface area contributed by atoms with Gasteiger partial charge in [0, 0.05) is 47.3 Å². The third-order valence-electron chi connectivity index (χ3n) is 8.64. The van der Waals surface area contributed by atoms with E-state index in [0.717, 1.165) is 43.8 Å². The molecule has 2 aromatic carbocycles. The lowest BCUT2D eigenvalue weighted by molar-refractivity contribution is -0.137. The first-order chi connectivity index (χ1) is 21.1. The van der Waals surface area contributed by atoms with Crippen molar-refractivity contribution in [3.05, 3.63) is 77.2 Å². The van der Waals surface area contributed by atoms with Gasteiger partial charge in [-0.1, -0.05) is 35.5 Å². The van der Waals surface area contributed by atoms with E-state index >= 15 is 0 Å². The fourth-order valence-corrected chi connectivity index (χ4v) is 6.28. The summed E-state index contributed by atoms with van der Waals surface area (Å²) in [6.07, 6.45) is -1.51. The fourth-order valence-electron chi connectivity index (χ4n) is 6.28. The Bertz CT molecular complexity index is 1770. The van der Waals surface area contributed by atoms with Crippen molar-refractivity contribution >= 4 is 28.6 Å². The molecule has 3 fully saturated rings. The Hall–Kier alpha value is -4.48. The summed E-state index contributed by atoms with van der Waals surface area (Å²) < 4.78 is 77.9. The number of carboxylic acids is 1. The number of piperidine rings is 1. The molecule has 1 saturated heterocycles. The molecule has 0 bridgehead atoms. The number of fused-ring (bicyclic) bond motifs is 2. The average molecular weight is 612 g/mol. The molecule has 0 spiro atoms. The first-order valence-electron chi connectivity index (χ1n) is 14.3. The minimum absolute atomic E-state index is 0.00404. The highest BCUT2D eigenvalue weighted by Gasteiger charge is 2.54. The van der Waals surface area contributed by atoms with E-state index in [-0.39, 0.29) is 34.5 Å². The predicted octanol–water partition coefficient (Wildman–Crippen LogP) is 7.52. The van der Waals surface area contributed by atoms with Crippen LogP contribution in [0.5, 0.6) is 5.75 Å². The van der Waals surface area contributed by atoms with E-state index in [2.05, 4.69) is 21.1 Å². The highest BCUT2D eigenvalue weighted by molar-refractivity contribution is 5.94. The molecule has 1 N–H and O–H groups in total. The van der Waals surface area contributed by atoms with Crippen LogP contribution in [0.4, 0.5) is 27.6 Å². The molecule has 3 aliphatic rings. The lowest BCUT2D eigenvalue weighted by Crippen LogP contribution is -2.23. The van der Waals surface area contributed by atoms with E-state index in [1.54, 1.807) is 18.2 Å². The molecule has 2 saturated carbocycles. The van der Waals surface area contributed by atoms with Crippen molar-refractivity contribution in [2.45, 2.75) is 31.4 Å². The number of aromatic carboxylic acids is 1. The highest BCUT2D eigenvalue weighted by Crippen LogP contribution is 2.54. The maximum absolute atomic E-state index is 13.8. The third-order valence-corrected chi connectivity index (χ3v) is 8.64. The molecule has 0 amide bonds. The van der Waals surface area contributed by atoms with Crippen LogP contribution >= 0.6 is 0 Å². The predicted molar refractivity (Wildman–Crippen MR) is 151 cm³/mol. The second-order valence-electron chi connectivity index (χ2n) is 11.5. The lowest BCUT2D eigenvalue weighted by atomic mass is 9.98. The smallest absolute Gasteiger partial charge is 0.417 e. The second-order valence-corrected chi connectivity index (χ2v) is 11.5. The summed E-state index contributed by atoms with van der Waals surface area (Å²) in [5.74, 6) is 0.432. The summed E-state index contributed by atoms with van der Waals surface area (Å²) >= 11 is 0. The summed E-state index contributed by atoms with van der Waals surface area (Å²) in [6, 6.07) is 11.8. The van der Waals surface area contributed by atoms with E-state index in [1.165, 1.54) is 12.1 Å². The van der Waals surface area contributed by atoms with Crippen LogP contribution in [0.2, 0.25) is 0 Å². The van der Waals surface area contributed by atoms with Gasteiger partial charge in [-0.25, -0.2) is 18.6 Å². The molecule has 2 atom stereocenters. The van der Waals surface area contributed by atoms with Crippen molar-refractivity contribution < 1.29 is 41.1 Å². The number of carbonyl (C=O) groups is 1. The standard InChI is InChI=1S/C32H26F5N3O4/c33-28(34)15-43-27-12-26(31(41)42)38-25-10-7-17(11-21(25)27)40-13-22-18(23(22)14-40)8-9-20-29(39-44-30(20)16-5-6-16)19-3-1-2-4-24(19)32(35,36)37/h1-4,7-12,16,18,22-23,28H,5-6,13-15H2,(H,41,42). The number of hydrogen-bond acceptors (Lipinski definition) is 6. The Morgan fingerprint density at radius 3 is 2.55 bits per heavy atom. The molecule has 0 radical (unpaired) electrons. The van der Waals surface area contributed by atoms with E-state index in [4.69, 9.17) is 9.26 Å². The SMILES string of the molecule is O=C(O)c1cc(OCC(F)F)c2cc(N3CC4C(C=Cc5c(-c6ccccc6C(F)(F)F)noc5C5CC5)C4C3)ccc2n1. The summed E-state index contributed by atoms with van der Waals surface area (Å²) in [5.41, 5.74) is 0.905. The molecule has 44 heavy (non-hydrogen) atoms. The topological polar surface area (TPSA) is 88.7 Å². The van der Waals surface area contributed by atoms with Crippen LogP contribution in [0.25, 0.3) is 28.2 Å². The maximum atomic E-state index is 13.8. The minimum atomic E-state index is -4.53. The van der Waals surface area contributed by atoms with Crippen LogP contribution in [0.15, 0.2) is 59.1 Å². The number of alkyl halides is 5. The summed E-state index contributed by atoms with van der Waals surface area (Å²) in [6.45, 7) is 0.576. The first-order valence-corrected chi connectivity index (χ1v) is 14.3. The van der Waals surface area contributed by atoms with Gasteiger partial charge in [0.25, 0.3) is 6.43 Å². The van der Waals surface area contributed by atoms with E-state index in [9.17, 15) is 31.9 Å². The van der Waals surface area contributed by atoms with Gasteiger partial charge in [0.2, 0.25) is 0 Å². The van der Waals surface area contributed by atoms with Crippen LogP contribution in [-0.4, -0.2) is 47.3 Å². The summed E-state index contributed by atoms with van der Waals surface area (Å²) in [5, 5.41) is 13.9. The van der Waals surface area contributed by atoms with Crippen molar-refractivity contribution in [3.63, 3.8) is 0 Å². The summed E-state index contributed by atoms with van der Waals surface area (Å²) in [4.78, 5) is 17.8. The van der Waals surface area contributed by atoms with Crippen molar-refractivity contribution in [2.75, 3.05) is 24.6 Å². The van der Waals surface area contributed by atoms with Crippen LogP contribution in [0, 0.1) is 17.8 Å². The lowest BCUT2D eigenvalue weighted by Gasteiger charge is -2.22. The minimum Gasteiger partial charge on any atom is -0.487 e. The Morgan fingerprint density at radius 2 is 1.86 bits per heavy atom. The van der Waals surface area contributed by atoms with Crippen LogP contribution in [-0.2, 0) is 6.18 Å². The van der Waals surface area contributed by atoms with Crippen molar-refractivity contribution in [1.29, 1.82) is 0 Å². The molecule has 12 heteroatoms. The summed E-state index contributed by atoms with van der Waals surface area (Å²) in [7, 11) is 0. The molecule has 2 aromatic heterocycles. The van der Waals surface area contributed by atoms with Crippen LogP contribution in [0.3, 0.4) is 0 Å². The Morgan fingerprint density at radius 1 is 1.11 bits per heavy atom. The normalized spacial score (nSPS) is 21.4. The van der Waals surface area contributed by atoms with Gasteiger partial charge >= 0.3 is 12.1 Å². The molecule has 7 rings (SSSR count). The maximum Gasteiger partial charge on any atom is 0.417 e. The number of allylic oxidation sites excluding steroid dienone is 1. The zero-order valence-corrected chi connectivity index (χ0v) is 23.1. The fraction of sp³-hybridized carbons (Fsp3) is 0.344. The number of hydrogen-bond donors (Lipinski definition) is 1.